The van der Waals surface area contributed by atoms with Crippen LogP contribution in [0.25, 0.3) is 10.9 Å². The quantitative estimate of drug-likeness (QED) is 0.776. The number of fused-ring (bicyclic) bond motifs is 3. The van der Waals surface area contributed by atoms with Gasteiger partial charge in [-0.25, -0.2) is 0 Å². The molecule has 1 aliphatic carbocycles. The number of aromatic nitrogens is 1. The zero-order valence-corrected chi connectivity index (χ0v) is 9.97. The van der Waals surface area contributed by atoms with Crippen molar-refractivity contribution in [2.75, 3.05) is 0 Å². The first-order chi connectivity index (χ1) is 7.88. The summed E-state index contributed by atoms with van der Waals surface area (Å²) in [6, 6.07) is 6.94. The molecule has 2 aromatic rings. The number of rotatable bonds is 2. The van der Waals surface area contributed by atoms with Crippen LogP contribution >= 0.6 is 0 Å². The van der Waals surface area contributed by atoms with Crippen LogP contribution in [0.1, 0.15) is 43.0 Å². The van der Waals surface area contributed by atoms with Crippen molar-refractivity contribution < 1.29 is 0 Å². The Bertz CT molecular complexity index is 507. The predicted molar refractivity (Wildman–Crippen MR) is 68.9 cm³/mol. The predicted octanol–water partition coefficient (Wildman–Crippen LogP) is 4.00. The highest BCUT2D eigenvalue weighted by molar-refractivity contribution is 5.85. The molecule has 1 N–H and O–H groups in total. The van der Waals surface area contributed by atoms with Gasteiger partial charge < -0.3 is 4.98 Å². The zero-order chi connectivity index (χ0) is 11.0. The van der Waals surface area contributed by atoms with Crippen LogP contribution < -0.4 is 0 Å². The summed E-state index contributed by atoms with van der Waals surface area (Å²) >= 11 is 0. The second-order valence-corrected chi connectivity index (χ2v) is 4.92. The first-order valence-electron chi connectivity index (χ1n) is 6.51. The lowest BCUT2D eigenvalue weighted by molar-refractivity contribution is 0.680. The van der Waals surface area contributed by atoms with Gasteiger partial charge in [-0.05, 0) is 55.4 Å². The van der Waals surface area contributed by atoms with Crippen molar-refractivity contribution in [1.82, 2.24) is 4.98 Å². The van der Waals surface area contributed by atoms with Crippen LogP contribution in [0.4, 0.5) is 0 Å². The molecule has 16 heavy (non-hydrogen) atoms. The summed E-state index contributed by atoms with van der Waals surface area (Å²) in [5, 5.41) is 1.49. The maximum Gasteiger partial charge on any atom is 0.0459 e. The Morgan fingerprint density at radius 3 is 2.94 bits per heavy atom. The Hall–Kier alpha value is -1.24. The lowest BCUT2D eigenvalue weighted by atomic mass is 9.95. The Kier molecular flexibility index (Phi) is 2.47. The number of benzene rings is 1. The molecular formula is C15H19N. The molecule has 0 spiro atoms. The second kappa shape index (κ2) is 3.97. The van der Waals surface area contributed by atoms with Crippen LogP contribution in [-0.2, 0) is 19.3 Å². The van der Waals surface area contributed by atoms with Crippen LogP contribution in [0.3, 0.4) is 0 Å². The smallest absolute Gasteiger partial charge is 0.0459 e. The lowest BCUT2D eigenvalue weighted by Crippen LogP contribution is -2.00. The van der Waals surface area contributed by atoms with E-state index in [1.165, 1.54) is 60.7 Å². The van der Waals surface area contributed by atoms with Gasteiger partial charge in [0.15, 0.2) is 0 Å². The van der Waals surface area contributed by atoms with E-state index in [0.717, 1.165) is 0 Å². The zero-order valence-electron chi connectivity index (χ0n) is 9.97. The van der Waals surface area contributed by atoms with Crippen LogP contribution in [0.15, 0.2) is 18.2 Å². The summed E-state index contributed by atoms with van der Waals surface area (Å²) in [5.74, 6) is 0. The molecule has 1 aromatic heterocycles. The highest BCUT2D eigenvalue weighted by Crippen LogP contribution is 2.29. The first-order valence-corrected chi connectivity index (χ1v) is 6.51. The van der Waals surface area contributed by atoms with Gasteiger partial charge in [0, 0.05) is 16.6 Å². The summed E-state index contributed by atoms with van der Waals surface area (Å²) in [7, 11) is 0. The van der Waals surface area contributed by atoms with E-state index in [9.17, 15) is 0 Å². The molecule has 1 aromatic carbocycles. The topological polar surface area (TPSA) is 15.8 Å². The molecule has 0 unspecified atom stereocenters. The van der Waals surface area contributed by atoms with E-state index in [-0.39, 0.29) is 0 Å². The van der Waals surface area contributed by atoms with Gasteiger partial charge in [0.05, 0.1) is 0 Å². The van der Waals surface area contributed by atoms with Crippen molar-refractivity contribution in [1.29, 1.82) is 0 Å². The number of aromatic amines is 1. The Morgan fingerprint density at radius 1 is 1.19 bits per heavy atom. The maximum absolute atomic E-state index is 3.59. The molecule has 0 atom stereocenters. The van der Waals surface area contributed by atoms with Gasteiger partial charge in [-0.2, -0.15) is 0 Å². The van der Waals surface area contributed by atoms with Gasteiger partial charge in [-0.1, -0.05) is 19.4 Å². The lowest BCUT2D eigenvalue weighted by Gasteiger charge is -2.10. The van der Waals surface area contributed by atoms with E-state index in [1.54, 1.807) is 5.56 Å². The number of nitrogens with one attached hydrogen (secondary N) is 1. The molecule has 1 nitrogen and oxygen atoms in total. The van der Waals surface area contributed by atoms with E-state index in [4.69, 9.17) is 0 Å². The molecule has 0 saturated carbocycles. The second-order valence-electron chi connectivity index (χ2n) is 4.92. The van der Waals surface area contributed by atoms with Gasteiger partial charge in [0.1, 0.15) is 0 Å². The molecule has 0 aliphatic heterocycles. The van der Waals surface area contributed by atoms with Gasteiger partial charge in [0.25, 0.3) is 0 Å². The summed E-state index contributed by atoms with van der Waals surface area (Å²) < 4.78 is 0. The third-order valence-electron chi connectivity index (χ3n) is 3.70. The highest BCUT2D eigenvalue weighted by atomic mass is 14.7. The van der Waals surface area contributed by atoms with E-state index in [1.807, 2.05) is 0 Å². The first kappa shape index (κ1) is 9.95. The Labute approximate surface area is 96.9 Å². The molecule has 1 heteroatoms. The highest BCUT2D eigenvalue weighted by Gasteiger charge is 2.14. The minimum Gasteiger partial charge on any atom is -0.358 e. The van der Waals surface area contributed by atoms with Gasteiger partial charge >= 0.3 is 0 Å². The molecule has 84 valence electrons. The molecule has 0 amide bonds. The number of aryl methyl sites for hydroxylation is 3. The summed E-state index contributed by atoms with van der Waals surface area (Å²) in [6.07, 6.45) is 7.66. The maximum atomic E-state index is 3.59. The van der Waals surface area contributed by atoms with Crippen LogP contribution in [-0.4, -0.2) is 4.98 Å². The van der Waals surface area contributed by atoms with Gasteiger partial charge in [-0.3, -0.25) is 0 Å². The fourth-order valence-corrected chi connectivity index (χ4v) is 2.90. The minimum atomic E-state index is 1.20. The van der Waals surface area contributed by atoms with Crippen molar-refractivity contribution >= 4 is 10.9 Å². The number of hydrogen-bond donors (Lipinski definition) is 1. The third kappa shape index (κ3) is 1.55. The average molecular weight is 213 g/mol. The largest absolute Gasteiger partial charge is 0.358 e. The van der Waals surface area contributed by atoms with E-state index in [0.29, 0.717) is 0 Å². The summed E-state index contributed by atoms with van der Waals surface area (Å²) in [6.45, 7) is 2.25. The molecule has 1 aliphatic rings. The molecule has 0 bridgehead atoms. The molecule has 0 saturated heterocycles. The molecular weight excluding hydrogens is 194 g/mol. The SMILES string of the molecule is CCCc1ccc2[nH]c3c(c2c1)CCCC3. The van der Waals surface area contributed by atoms with Crippen molar-refractivity contribution in [3.63, 3.8) is 0 Å². The van der Waals surface area contributed by atoms with Crippen LogP contribution in [0, 0.1) is 0 Å². The fraction of sp³-hybridized carbons (Fsp3) is 0.467. The van der Waals surface area contributed by atoms with Gasteiger partial charge in [0.2, 0.25) is 0 Å². The summed E-state index contributed by atoms with van der Waals surface area (Å²) in [4.78, 5) is 3.59. The van der Waals surface area contributed by atoms with Crippen LogP contribution in [0.5, 0.6) is 0 Å². The molecule has 0 fully saturated rings. The molecule has 3 rings (SSSR count). The van der Waals surface area contributed by atoms with E-state index >= 15 is 0 Å². The normalized spacial score (nSPS) is 15.3. The minimum absolute atomic E-state index is 1.20. The van der Waals surface area contributed by atoms with Crippen molar-refractivity contribution in [3.05, 3.63) is 35.0 Å². The molecule has 0 radical (unpaired) electrons. The standard InChI is InChI=1S/C15H19N/c1-2-5-11-8-9-15-13(10-11)12-6-3-4-7-14(12)16-15/h8-10,16H,2-7H2,1H3. The third-order valence-corrected chi connectivity index (χ3v) is 3.70. The van der Waals surface area contributed by atoms with Crippen LogP contribution in [0.2, 0.25) is 0 Å². The number of H-pyrrole nitrogens is 1. The Morgan fingerprint density at radius 2 is 2.06 bits per heavy atom. The average Bonchev–Trinajstić information content (AvgIpc) is 2.68. The summed E-state index contributed by atoms with van der Waals surface area (Å²) in [5.41, 5.74) is 5.92. The van der Waals surface area contributed by atoms with Crippen molar-refractivity contribution in [3.8, 4) is 0 Å². The Balaban J connectivity index is 2.13. The fourth-order valence-electron chi connectivity index (χ4n) is 2.90. The van der Waals surface area contributed by atoms with Crippen molar-refractivity contribution in [2.45, 2.75) is 45.4 Å². The number of hydrogen-bond acceptors (Lipinski definition) is 0. The van der Waals surface area contributed by atoms with E-state index < -0.39 is 0 Å². The van der Waals surface area contributed by atoms with Crippen molar-refractivity contribution in [2.24, 2.45) is 0 Å². The molecule has 1 heterocycles. The monoisotopic (exact) mass is 213 g/mol. The van der Waals surface area contributed by atoms with Gasteiger partial charge in [-0.15, -0.1) is 0 Å². The van der Waals surface area contributed by atoms with E-state index in [2.05, 4.69) is 30.1 Å².